The van der Waals surface area contributed by atoms with Crippen molar-refractivity contribution in [3.63, 3.8) is 0 Å². The molecule has 2 unspecified atom stereocenters. The first kappa shape index (κ1) is 14.4. The molecule has 1 nitrogen and oxygen atoms in total. The molecular weight excluding hydrogens is 274 g/mol. The Hall–Kier alpha value is -0.960. The van der Waals surface area contributed by atoms with E-state index in [2.05, 4.69) is 38.1 Å². The number of hydrogen-bond acceptors (Lipinski definition) is 2. The van der Waals surface area contributed by atoms with E-state index in [0.717, 1.165) is 5.02 Å². The van der Waals surface area contributed by atoms with E-state index < -0.39 is 0 Å². The second kappa shape index (κ2) is 6.47. The quantitative estimate of drug-likeness (QED) is 0.817. The van der Waals surface area contributed by atoms with Crippen molar-refractivity contribution in [2.45, 2.75) is 30.0 Å². The standard InChI is InChI=1S/C16H18ClNS/c1-11-4-3-5-13(10-11)16(12(2)18)19-15-8-6-14(17)7-9-15/h3-10,12,16H,18H2,1-2H3. The van der Waals surface area contributed by atoms with Crippen molar-refractivity contribution in [3.05, 3.63) is 64.7 Å². The maximum Gasteiger partial charge on any atom is 0.0492 e. The molecule has 2 atom stereocenters. The summed E-state index contributed by atoms with van der Waals surface area (Å²) in [5.41, 5.74) is 8.69. The summed E-state index contributed by atoms with van der Waals surface area (Å²) in [6.45, 7) is 4.16. The SMILES string of the molecule is Cc1cccc(C(Sc2ccc(Cl)cc2)C(C)N)c1. The van der Waals surface area contributed by atoms with Crippen molar-refractivity contribution < 1.29 is 0 Å². The normalized spacial score (nSPS) is 14.1. The Balaban J connectivity index is 2.23. The van der Waals surface area contributed by atoms with Gasteiger partial charge in [0, 0.05) is 21.2 Å². The summed E-state index contributed by atoms with van der Waals surface area (Å²) in [5, 5.41) is 1.01. The molecular formula is C16H18ClNS. The van der Waals surface area contributed by atoms with Gasteiger partial charge in [-0.1, -0.05) is 41.4 Å². The minimum absolute atomic E-state index is 0.0856. The average Bonchev–Trinajstić information content (AvgIpc) is 2.37. The lowest BCUT2D eigenvalue weighted by molar-refractivity contribution is 0.721. The maximum atomic E-state index is 6.15. The fourth-order valence-electron chi connectivity index (χ4n) is 1.99. The summed E-state index contributed by atoms with van der Waals surface area (Å²) in [4.78, 5) is 1.19. The van der Waals surface area contributed by atoms with Crippen molar-refractivity contribution >= 4 is 23.4 Å². The number of rotatable bonds is 4. The molecule has 0 fully saturated rings. The maximum absolute atomic E-state index is 6.15. The largest absolute Gasteiger partial charge is 0.327 e. The van der Waals surface area contributed by atoms with Gasteiger partial charge in [0.05, 0.1) is 0 Å². The molecule has 0 saturated heterocycles. The number of thioether (sulfide) groups is 1. The highest BCUT2D eigenvalue weighted by atomic mass is 35.5. The second-order valence-corrected chi connectivity index (χ2v) is 6.42. The molecule has 2 rings (SSSR count). The smallest absolute Gasteiger partial charge is 0.0492 e. The molecule has 0 aliphatic heterocycles. The first-order valence-electron chi connectivity index (χ1n) is 6.30. The van der Waals surface area contributed by atoms with Gasteiger partial charge in [0.15, 0.2) is 0 Å². The molecule has 0 radical (unpaired) electrons. The van der Waals surface area contributed by atoms with Crippen LogP contribution < -0.4 is 5.73 Å². The Morgan fingerprint density at radius 3 is 2.37 bits per heavy atom. The van der Waals surface area contributed by atoms with E-state index in [1.807, 2.05) is 24.3 Å². The molecule has 2 aromatic carbocycles. The first-order valence-corrected chi connectivity index (χ1v) is 7.56. The lowest BCUT2D eigenvalue weighted by Crippen LogP contribution is -2.22. The molecule has 2 aromatic rings. The number of aryl methyl sites for hydroxylation is 1. The predicted octanol–water partition coefficient (Wildman–Crippen LogP) is 4.83. The molecule has 0 aliphatic carbocycles. The summed E-state index contributed by atoms with van der Waals surface area (Å²) in [6.07, 6.45) is 0. The van der Waals surface area contributed by atoms with Gasteiger partial charge in [-0.15, -0.1) is 11.8 Å². The van der Waals surface area contributed by atoms with Gasteiger partial charge in [0.2, 0.25) is 0 Å². The van der Waals surface area contributed by atoms with Crippen molar-refractivity contribution in [2.75, 3.05) is 0 Å². The van der Waals surface area contributed by atoms with E-state index in [1.54, 1.807) is 11.8 Å². The van der Waals surface area contributed by atoms with E-state index in [4.69, 9.17) is 17.3 Å². The minimum Gasteiger partial charge on any atom is -0.327 e. The molecule has 0 amide bonds. The summed E-state index contributed by atoms with van der Waals surface area (Å²) in [6, 6.07) is 16.5. The molecule has 19 heavy (non-hydrogen) atoms. The Kier molecular flexibility index (Phi) is 4.92. The molecule has 2 N–H and O–H groups in total. The topological polar surface area (TPSA) is 26.0 Å². The minimum atomic E-state index is 0.0856. The van der Waals surface area contributed by atoms with Crippen LogP contribution in [0.2, 0.25) is 5.02 Å². The Labute approximate surface area is 124 Å². The molecule has 0 saturated carbocycles. The highest BCUT2D eigenvalue weighted by molar-refractivity contribution is 7.99. The molecule has 100 valence electrons. The highest BCUT2D eigenvalue weighted by Crippen LogP contribution is 2.37. The van der Waals surface area contributed by atoms with Crippen LogP contribution in [0.5, 0.6) is 0 Å². The van der Waals surface area contributed by atoms with Crippen LogP contribution >= 0.6 is 23.4 Å². The zero-order valence-electron chi connectivity index (χ0n) is 11.1. The van der Waals surface area contributed by atoms with Crippen molar-refractivity contribution in [1.29, 1.82) is 0 Å². The van der Waals surface area contributed by atoms with E-state index in [-0.39, 0.29) is 11.3 Å². The third-order valence-electron chi connectivity index (χ3n) is 2.92. The number of nitrogens with two attached hydrogens (primary N) is 1. The van der Waals surface area contributed by atoms with Crippen LogP contribution in [-0.4, -0.2) is 6.04 Å². The number of halogens is 1. The van der Waals surface area contributed by atoms with Crippen LogP contribution in [0.3, 0.4) is 0 Å². The summed E-state index contributed by atoms with van der Waals surface area (Å²) in [7, 11) is 0. The van der Waals surface area contributed by atoms with Gasteiger partial charge in [0.25, 0.3) is 0 Å². The Morgan fingerprint density at radius 2 is 1.79 bits per heavy atom. The molecule has 0 bridgehead atoms. The van der Waals surface area contributed by atoms with E-state index >= 15 is 0 Å². The fourth-order valence-corrected chi connectivity index (χ4v) is 3.20. The third-order valence-corrected chi connectivity index (χ3v) is 4.68. The third kappa shape index (κ3) is 4.00. The van der Waals surface area contributed by atoms with E-state index in [9.17, 15) is 0 Å². The first-order chi connectivity index (χ1) is 9.06. The zero-order chi connectivity index (χ0) is 13.8. The van der Waals surface area contributed by atoms with Gasteiger partial charge >= 0.3 is 0 Å². The summed E-state index contributed by atoms with van der Waals surface area (Å²) >= 11 is 7.70. The molecule has 0 spiro atoms. The van der Waals surface area contributed by atoms with Gasteiger partial charge in [-0.2, -0.15) is 0 Å². The van der Waals surface area contributed by atoms with Crippen molar-refractivity contribution in [1.82, 2.24) is 0 Å². The number of benzene rings is 2. The molecule has 3 heteroatoms. The van der Waals surface area contributed by atoms with Crippen LogP contribution in [0.1, 0.15) is 23.3 Å². The summed E-state index contributed by atoms with van der Waals surface area (Å²) in [5.74, 6) is 0. The lowest BCUT2D eigenvalue weighted by Gasteiger charge is -2.21. The monoisotopic (exact) mass is 291 g/mol. The number of hydrogen-bond donors (Lipinski definition) is 1. The van der Waals surface area contributed by atoms with Gasteiger partial charge in [0.1, 0.15) is 0 Å². The Morgan fingerprint density at radius 1 is 1.11 bits per heavy atom. The van der Waals surface area contributed by atoms with Crippen LogP contribution in [0.4, 0.5) is 0 Å². The van der Waals surface area contributed by atoms with Gasteiger partial charge in [-0.3, -0.25) is 0 Å². The Bertz CT molecular complexity index is 537. The zero-order valence-corrected chi connectivity index (χ0v) is 12.7. The molecule has 0 aliphatic rings. The average molecular weight is 292 g/mol. The lowest BCUT2D eigenvalue weighted by atomic mass is 10.0. The van der Waals surface area contributed by atoms with Crippen LogP contribution in [0.15, 0.2) is 53.4 Å². The van der Waals surface area contributed by atoms with E-state index in [1.165, 1.54) is 16.0 Å². The van der Waals surface area contributed by atoms with Crippen molar-refractivity contribution in [3.8, 4) is 0 Å². The fraction of sp³-hybridized carbons (Fsp3) is 0.250. The van der Waals surface area contributed by atoms with Gasteiger partial charge in [-0.25, -0.2) is 0 Å². The van der Waals surface area contributed by atoms with Crippen LogP contribution in [0, 0.1) is 6.92 Å². The highest BCUT2D eigenvalue weighted by Gasteiger charge is 2.17. The van der Waals surface area contributed by atoms with Crippen molar-refractivity contribution in [2.24, 2.45) is 5.73 Å². The van der Waals surface area contributed by atoms with Gasteiger partial charge < -0.3 is 5.73 Å². The van der Waals surface area contributed by atoms with E-state index in [0.29, 0.717) is 0 Å². The molecule has 0 aromatic heterocycles. The second-order valence-electron chi connectivity index (χ2n) is 4.77. The van der Waals surface area contributed by atoms with Gasteiger partial charge in [-0.05, 0) is 43.7 Å². The summed E-state index contributed by atoms with van der Waals surface area (Å²) < 4.78 is 0. The van der Waals surface area contributed by atoms with Crippen LogP contribution in [0.25, 0.3) is 0 Å². The predicted molar refractivity (Wildman–Crippen MR) is 84.9 cm³/mol. The molecule has 0 heterocycles. The van der Waals surface area contributed by atoms with Crippen LogP contribution in [-0.2, 0) is 0 Å².